The lowest BCUT2D eigenvalue weighted by Crippen LogP contribution is -2.23. The third kappa shape index (κ3) is 4.04. The molecular formula is C15H21N3S. The number of rotatable bonds is 7. The van der Waals surface area contributed by atoms with E-state index in [4.69, 9.17) is 0 Å². The van der Waals surface area contributed by atoms with Crippen LogP contribution in [-0.4, -0.2) is 18.1 Å². The first-order valence-corrected chi connectivity index (χ1v) is 7.64. The number of nitrogens with one attached hydrogen (secondary N) is 1. The van der Waals surface area contributed by atoms with Crippen molar-refractivity contribution in [1.29, 1.82) is 0 Å². The van der Waals surface area contributed by atoms with Gasteiger partial charge < -0.3 is 10.2 Å². The molecule has 4 heteroatoms. The van der Waals surface area contributed by atoms with Crippen molar-refractivity contribution in [3.05, 3.63) is 46.3 Å². The molecule has 0 saturated heterocycles. The quantitative estimate of drug-likeness (QED) is 0.840. The minimum absolute atomic E-state index is 0.905. The second-order valence-corrected chi connectivity index (χ2v) is 5.43. The highest BCUT2D eigenvalue weighted by molar-refractivity contribution is 7.09. The van der Waals surface area contributed by atoms with E-state index in [0.29, 0.717) is 0 Å². The van der Waals surface area contributed by atoms with Gasteiger partial charge in [0.05, 0.1) is 6.54 Å². The zero-order chi connectivity index (χ0) is 13.5. The molecule has 0 atom stereocenters. The summed E-state index contributed by atoms with van der Waals surface area (Å²) >= 11 is 1.80. The van der Waals surface area contributed by atoms with Crippen LogP contribution in [-0.2, 0) is 13.1 Å². The molecule has 0 unspecified atom stereocenters. The average Bonchev–Trinajstić information content (AvgIpc) is 2.96. The Labute approximate surface area is 119 Å². The molecule has 0 aliphatic rings. The highest BCUT2D eigenvalue weighted by atomic mass is 32.1. The summed E-state index contributed by atoms with van der Waals surface area (Å²) in [5.74, 6) is 1.06. The second-order valence-electron chi connectivity index (χ2n) is 4.40. The van der Waals surface area contributed by atoms with E-state index in [-0.39, 0.29) is 0 Å². The lowest BCUT2D eigenvalue weighted by Gasteiger charge is -2.21. The fourth-order valence-corrected chi connectivity index (χ4v) is 2.68. The summed E-state index contributed by atoms with van der Waals surface area (Å²) in [5.41, 5.74) is 1.29. The minimum atomic E-state index is 0.905. The van der Waals surface area contributed by atoms with Crippen LogP contribution >= 0.6 is 11.3 Å². The summed E-state index contributed by atoms with van der Waals surface area (Å²) in [6.07, 6.45) is 1.90. The Morgan fingerprint density at radius 3 is 2.89 bits per heavy atom. The van der Waals surface area contributed by atoms with E-state index in [1.807, 2.05) is 6.20 Å². The van der Waals surface area contributed by atoms with Crippen molar-refractivity contribution < 1.29 is 0 Å². The summed E-state index contributed by atoms with van der Waals surface area (Å²) in [7, 11) is 0. The molecule has 2 heterocycles. The molecule has 1 N–H and O–H groups in total. The number of aromatic nitrogens is 1. The molecule has 0 aromatic carbocycles. The van der Waals surface area contributed by atoms with Gasteiger partial charge in [-0.25, -0.2) is 4.98 Å². The van der Waals surface area contributed by atoms with Gasteiger partial charge in [-0.2, -0.15) is 0 Å². The number of nitrogens with zero attached hydrogens (tertiary/aromatic N) is 2. The fraction of sp³-hybridized carbons (Fsp3) is 0.400. The van der Waals surface area contributed by atoms with E-state index < -0.39 is 0 Å². The number of thiophene rings is 1. The van der Waals surface area contributed by atoms with Gasteiger partial charge in [0.1, 0.15) is 5.82 Å². The Bertz CT molecular complexity index is 482. The van der Waals surface area contributed by atoms with E-state index in [2.05, 4.69) is 58.7 Å². The second kappa shape index (κ2) is 7.26. The standard InChI is InChI=1S/C15H21N3S/c1-3-16-11-13-7-8-17-15(10-13)18(4-2)12-14-6-5-9-19-14/h5-10,16H,3-4,11-12H2,1-2H3. The summed E-state index contributed by atoms with van der Waals surface area (Å²) in [6.45, 7) is 8.10. The molecule has 0 fully saturated rings. The molecule has 0 aliphatic carbocycles. The van der Waals surface area contributed by atoms with Gasteiger partial charge in [-0.15, -0.1) is 11.3 Å². The Hall–Kier alpha value is -1.39. The Balaban J connectivity index is 2.09. The van der Waals surface area contributed by atoms with E-state index in [9.17, 15) is 0 Å². The monoisotopic (exact) mass is 275 g/mol. The number of hydrogen-bond acceptors (Lipinski definition) is 4. The van der Waals surface area contributed by atoms with Gasteiger partial charge in [-0.3, -0.25) is 0 Å². The van der Waals surface area contributed by atoms with Crippen LogP contribution in [0.25, 0.3) is 0 Å². The van der Waals surface area contributed by atoms with Crippen LogP contribution in [0.1, 0.15) is 24.3 Å². The molecule has 3 nitrogen and oxygen atoms in total. The van der Waals surface area contributed by atoms with Gasteiger partial charge in [0.25, 0.3) is 0 Å². The summed E-state index contributed by atoms with van der Waals surface area (Å²) in [5, 5.41) is 5.47. The fourth-order valence-electron chi connectivity index (χ4n) is 1.96. The molecule has 0 aliphatic heterocycles. The molecule has 2 aromatic rings. The Morgan fingerprint density at radius 2 is 2.21 bits per heavy atom. The molecular weight excluding hydrogens is 254 g/mol. The first-order valence-electron chi connectivity index (χ1n) is 6.76. The van der Waals surface area contributed by atoms with E-state index in [1.165, 1.54) is 10.4 Å². The normalized spacial score (nSPS) is 10.6. The third-order valence-corrected chi connectivity index (χ3v) is 3.88. The van der Waals surface area contributed by atoms with Gasteiger partial charge in [0.2, 0.25) is 0 Å². The van der Waals surface area contributed by atoms with E-state index in [1.54, 1.807) is 11.3 Å². The Morgan fingerprint density at radius 1 is 1.32 bits per heavy atom. The van der Waals surface area contributed by atoms with Crippen LogP contribution in [0.15, 0.2) is 35.8 Å². The minimum Gasteiger partial charge on any atom is -0.352 e. The van der Waals surface area contributed by atoms with Crippen molar-refractivity contribution in [3.63, 3.8) is 0 Å². The topological polar surface area (TPSA) is 28.2 Å². The van der Waals surface area contributed by atoms with Crippen LogP contribution in [0.2, 0.25) is 0 Å². The number of anilines is 1. The van der Waals surface area contributed by atoms with Gasteiger partial charge in [-0.1, -0.05) is 13.0 Å². The van der Waals surface area contributed by atoms with Crippen LogP contribution in [0.4, 0.5) is 5.82 Å². The van der Waals surface area contributed by atoms with Gasteiger partial charge in [-0.05, 0) is 42.6 Å². The molecule has 102 valence electrons. The van der Waals surface area contributed by atoms with Crippen molar-refractivity contribution in [2.45, 2.75) is 26.9 Å². The first-order chi connectivity index (χ1) is 9.33. The summed E-state index contributed by atoms with van der Waals surface area (Å²) in [6, 6.07) is 8.53. The molecule has 2 rings (SSSR count). The molecule has 0 bridgehead atoms. The average molecular weight is 275 g/mol. The van der Waals surface area contributed by atoms with Crippen molar-refractivity contribution in [2.24, 2.45) is 0 Å². The lowest BCUT2D eigenvalue weighted by atomic mass is 10.2. The van der Waals surface area contributed by atoms with Gasteiger partial charge >= 0.3 is 0 Å². The molecule has 2 aromatic heterocycles. The van der Waals surface area contributed by atoms with Crippen molar-refractivity contribution in [2.75, 3.05) is 18.0 Å². The lowest BCUT2D eigenvalue weighted by molar-refractivity contribution is 0.724. The maximum atomic E-state index is 4.50. The zero-order valence-corrected chi connectivity index (χ0v) is 12.4. The smallest absolute Gasteiger partial charge is 0.129 e. The van der Waals surface area contributed by atoms with E-state index >= 15 is 0 Å². The number of hydrogen-bond donors (Lipinski definition) is 1. The Kier molecular flexibility index (Phi) is 5.36. The summed E-state index contributed by atoms with van der Waals surface area (Å²) < 4.78 is 0. The molecule has 0 amide bonds. The molecule has 19 heavy (non-hydrogen) atoms. The molecule has 0 radical (unpaired) electrons. The molecule has 0 saturated carbocycles. The van der Waals surface area contributed by atoms with Crippen LogP contribution < -0.4 is 10.2 Å². The predicted octanol–water partition coefficient (Wildman–Crippen LogP) is 3.28. The number of pyridine rings is 1. The zero-order valence-electron chi connectivity index (χ0n) is 11.6. The highest BCUT2D eigenvalue weighted by Crippen LogP contribution is 2.18. The highest BCUT2D eigenvalue weighted by Gasteiger charge is 2.08. The van der Waals surface area contributed by atoms with Crippen LogP contribution in [0, 0.1) is 0 Å². The SMILES string of the molecule is CCNCc1ccnc(N(CC)Cc2cccs2)c1. The van der Waals surface area contributed by atoms with Crippen LogP contribution in [0.5, 0.6) is 0 Å². The predicted molar refractivity (Wildman–Crippen MR) is 82.7 cm³/mol. The van der Waals surface area contributed by atoms with Crippen molar-refractivity contribution >= 4 is 17.2 Å². The van der Waals surface area contributed by atoms with Crippen molar-refractivity contribution in [3.8, 4) is 0 Å². The third-order valence-electron chi connectivity index (χ3n) is 3.02. The molecule has 0 spiro atoms. The van der Waals surface area contributed by atoms with Crippen LogP contribution in [0.3, 0.4) is 0 Å². The van der Waals surface area contributed by atoms with Gasteiger partial charge in [0.15, 0.2) is 0 Å². The van der Waals surface area contributed by atoms with Crippen molar-refractivity contribution in [1.82, 2.24) is 10.3 Å². The maximum Gasteiger partial charge on any atom is 0.129 e. The van der Waals surface area contributed by atoms with Gasteiger partial charge in [0, 0.05) is 24.2 Å². The van der Waals surface area contributed by atoms with E-state index in [0.717, 1.165) is 32.0 Å². The first kappa shape index (κ1) is 14.0. The largest absolute Gasteiger partial charge is 0.352 e. The summed E-state index contributed by atoms with van der Waals surface area (Å²) in [4.78, 5) is 8.18. The maximum absolute atomic E-state index is 4.50.